The van der Waals surface area contributed by atoms with E-state index in [0.29, 0.717) is 5.25 Å². The number of hydrogen-bond donors (Lipinski definition) is 0. The summed E-state index contributed by atoms with van der Waals surface area (Å²) in [5, 5.41) is 0.664. The third-order valence-electron chi connectivity index (χ3n) is 1.09. The molecule has 0 aliphatic rings. The molecule has 0 N–H and O–H groups in total. The van der Waals surface area contributed by atoms with Gasteiger partial charge in [-0.3, -0.25) is 0 Å². The summed E-state index contributed by atoms with van der Waals surface area (Å²) in [5.41, 5.74) is -0.329. The zero-order valence-corrected chi connectivity index (χ0v) is 11.1. The molecule has 0 saturated carbocycles. The van der Waals surface area contributed by atoms with Gasteiger partial charge in [-0.2, -0.15) is 0 Å². The first kappa shape index (κ1) is 12.0. The summed E-state index contributed by atoms with van der Waals surface area (Å²) in [5.74, 6) is 6.60. The Hall–Kier alpha value is 0.0129. The number of ether oxygens (including phenoxy) is 1. The first-order valence-electron chi connectivity index (χ1n) is 4.32. The van der Waals surface area contributed by atoms with Crippen LogP contribution in [0.15, 0.2) is 0 Å². The fourth-order valence-corrected chi connectivity index (χ4v) is 2.78. The minimum atomic E-state index is -1.75. The Balaban J connectivity index is 3.92. The Morgan fingerprint density at radius 2 is 1.67 bits per heavy atom. The van der Waals surface area contributed by atoms with Gasteiger partial charge in [0.1, 0.15) is 0 Å². The standard InChI is InChI=1S/C9H20GeO2/c1-9(2,3)12-8(11)7-10(4,5)6/h7H2,1-6H3. The van der Waals surface area contributed by atoms with Crippen molar-refractivity contribution in [3.05, 3.63) is 0 Å². The second-order valence-corrected chi connectivity index (χ2v) is 16.8. The Morgan fingerprint density at radius 1 is 1.25 bits per heavy atom. The first-order valence-corrected chi connectivity index (χ1v) is 12.1. The van der Waals surface area contributed by atoms with Crippen molar-refractivity contribution in [1.29, 1.82) is 0 Å². The molecule has 0 atom stereocenters. The van der Waals surface area contributed by atoms with Gasteiger partial charge in [0.2, 0.25) is 0 Å². The van der Waals surface area contributed by atoms with E-state index < -0.39 is 13.3 Å². The Morgan fingerprint density at radius 3 is 1.92 bits per heavy atom. The van der Waals surface area contributed by atoms with E-state index in [-0.39, 0.29) is 11.6 Å². The molecule has 0 aromatic rings. The zero-order valence-electron chi connectivity index (χ0n) is 9.02. The molecule has 0 aliphatic heterocycles. The number of esters is 1. The van der Waals surface area contributed by atoms with Gasteiger partial charge in [-0.05, 0) is 0 Å². The second kappa shape index (κ2) is 3.81. The molecule has 0 rings (SSSR count). The van der Waals surface area contributed by atoms with Crippen LogP contribution in [0.3, 0.4) is 0 Å². The second-order valence-electron chi connectivity index (χ2n) is 5.32. The maximum atomic E-state index is 11.3. The SMILES string of the molecule is CC(C)(C)OC(=O)[CH2][Ge]([CH3])([CH3])[CH3]. The predicted molar refractivity (Wildman–Crippen MR) is 54.0 cm³/mol. The minimum absolute atomic E-state index is 0.0324. The topological polar surface area (TPSA) is 26.3 Å². The predicted octanol–water partition coefficient (Wildman–Crippen LogP) is 2.67. The van der Waals surface area contributed by atoms with E-state index in [2.05, 4.69) is 17.3 Å². The van der Waals surface area contributed by atoms with E-state index in [1.165, 1.54) is 0 Å². The fraction of sp³-hybridized carbons (Fsp3) is 0.889. The third-order valence-corrected chi connectivity index (χ3v) is 3.93. The molecule has 72 valence electrons. The molecule has 0 saturated heterocycles. The van der Waals surface area contributed by atoms with Crippen LogP contribution in [0.25, 0.3) is 0 Å². The van der Waals surface area contributed by atoms with Gasteiger partial charge in [0.05, 0.1) is 0 Å². The molecular formula is C9H20GeO2. The summed E-state index contributed by atoms with van der Waals surface area (Å²) < 4.78 is 5.22. The molecule has 0 aromatic carbocycles. The molecule has 0 radical (unpaired) electrons. The normalized spacial score (nSPS) is 12.8. The molecule has 0 unspecified atom stereocenters. The third kappa shape index (κ3) is 8.11. The van der Waals surface area contributed by atoms with Gasteiger partial charge < -0.3 is 0 Å². The number of hydrogen-bond acceptors (Lipinski definition) is 2. The van der Waals surface area contributed by atoms with Crippen LogP contribution >= 0.6 is 0 Å². The Kier molecular flexibility index (Phi) is 3.82. The summed E-state index contributed by atoms with van der Waals surface area (Å²) in [4.78, 5) is 11.3. The summed E-state index contributed by atoms with van der Waals surface area (Å²) in [6.45, 7) is 5.71. The van der Waals surface area contributed by atoms with Crippen LogP contribution in [-0.2, 0) is 9.53 Å². The van der Waals surface area contributed by atoms with Crippen LogP contribution in [0.4, 0.5) is 0 Å². The molecule has 0 aliphatic carbocycles. The van der Waals surface area contributed by atoms with Crippen molar-refractivity contribution < 1.29 is 9.53 Å². The number of rotatable bonds is 2. The average Bonchev–Trinajstić information content (AvgIpc) is 1.49. The summed E-state index contributed by atoms with van der Waals surface area (Å²) in [6.07, 6.45) is 0. The van der Waals surface area contributed by atoms with E-state index in [1.807, 2.05) is 20.8 Å². The quantitative estimate of drug-likeness (QED) is 0.541. The van der Waals surface area contributed by atoms with Crippen molar-refractivity contribution in [3.63, 3.8) is 0 Å². The van der Waals surface area contributed by atoms with E-state index in [1.54, 1.807) is 0 Å². The summed E-state index contributed by atoms with van der Waals surface area (Å²) in [7, 11) is 0. The first-order chi connectivity index (χ1) is 5.10. The van der Waals surface area contributed by atoms with Gasteiger partial charge in [-0.1, -0.05) is 0 Å². The van der Waals surface area contributed by atoms with Crippen molar-refractivity contribution in [3.8, 4) is 0 Å². The molecule has 12 heavy (non-hydrogen) atoms. The molecule has 0 bridgehead atoms. The van der Waals surface area contributed by atoms with Gasteiger partial charge in [0.25, 0.3) is 0 Å². The van der Waals surface area contributed by atoms with Crippen molar-refractivity contribution >= 4 is 19.2 Å². The molecule has 3 heteroatoms. The van der Waals surface area contributed by atoms with Crippen LogP contribution in [0.2, 0.25) is 22.5 Å². The summed E-state index contributed by atoms with van der Waals surface area (Å²) >= 11 is -1.75. The van der Waals surface area contributed by atoms with Crippen molar-refractivity contribution in [2.45, 2.75) is 48.9 Å². The fourth-order valence-electron chi connectivity index (χ4n) is 0.811. The van der Waals surface area contributed by atoms with E-state index in [9.17, 15) is 4.79 Å². The van der Waals surface area contributed by atoms with Crippen LogP contribution < -0.4 is 0 Å². The van der Waals surface area contributed by atoms with Gasteiger partial charge in [-0.15, -0.1) is 0 Å². The molecule has 0 aromatic heterocycles. The van der Waals surface area contributed by atoms with Crippen LogP contribution in [0.1, 0.15) is 20.8 Å². The number of carbonyl (C=O) groups is 1. The van der Waals surface area contributed by atoms with Gasteiger partial charge in [0.15, 0.2) is 0 Å². The molecule has 0 heterocycles. The monoisotopic (exact) mass is 234 g/mol. The molecule has 0 amide bonds. The van der Waals surface area contributed by atoms with E-state index >= 15 is 0 Å². The van der Waals surface area contributed by atoms with Gasteiger partial charge in [-0.25, -0.2) is 0 Å². The average molecular weight is 233 g/mol. The molecule has 2 nitrogen and oxygen atoms in total. The van der Waals surface area contributed by atoms with E-state index in [0.717, 1.165) is 0 Å². The van der Waals surface area contributed by atoms with Crippen molar-refractivity contribution in [1.82, 2.24) is 0 Å². The van der Waals surface area contributed by atoms with Crippen LogP contribution in [-0.4, -0.2) is 24.8 Å². The van der Waals surface area contributed by atoms with Gasteiger partial charge in [0, 0.05) is 0 Å². The summed E-state index contributed by atoms with van der Waals surface area (Å²) in [6, 6.07) is 0. The Bertz CT molecular complexity index is 144. The van der Waals surface area contributed by atoms with Gasteiger partial charge >= 0.3 is 77.7 Å². The molecule has 0 fully saturated rings. The number of carbonyl (C=O) groups excluding carboxylic acids is 1. The zero-order chi connectivity index (χ0) is 9.99. The van der Waals surface area contributed by atoms with Crippen molar-refractivity contribution in [2.75, 3.05) is 0 Å². The van der Waals surface area contributed by atoms with Crippen LogP contribution in [0.5, 0.6) is 0 Å². The van der Waals surface area contributed by atoms with E-state index in [4.69, 9.17) is 4.74 Å². The van der Waals surface area contributed by atoms with Crippen LogP contribution in [0, 0.1) is 0 Å². The maximum absolute atomic E-state index is 11.3. The molecule has 0 spiro atoms. The molecular weight excluding hydrogens is 213 g/mol. The Labute approximate surface area is 78.0 Å². The van der Waals surface area contributed by atoms with Crippen molar-refractivity contribution in [2.24, 2.45) is 0 Å².